The zero-order valence-electron chi connectivity index (χ0n) is 11.3. The molecule has 0 N–H and O–H groups in total. The van der Waals surface area contributed by atoms with E-state index >= 15 is 0 Å². The summed E-state index contributed by atoms with van der Waals surface area (Å²) in [5.41, 5.74) is 3.14. The van der Waals surface area contributed by atoms with Crippen molar-refractivity contribution in [2.75, 3.05) is 0 Å². The van der Waals surface area contributed by atoms with Crippen molar-refractivity contribution in [3.05, 3.63) is 75.4 Å². The van der Waals surface area contributed by atoms with E-state index in [1.807, 2.05) is 55.5 Å². The molecule has 0 aromatic heterocycles. The first-order chi connectivity index (χ1) is 10.1. The number of benzene rings is 2. The van der Waals surface area contributed by atoms with Crippen molar-refractivity contribution in [3.8, 4) is 0 Å². The minimum Gasteiger partial charge on any atom is -0.402 e. The Kier molecular flexibility index (Phi) is 3.71. The highest BCUT2D eigenvalue weighted by molar-refractivity contribution is 9.10. The first-order valence-corrected chi connectivity index (χ1v) is 7.27. The molecule has 0 unspecified atom stereocenters. The average Bonchev–Trinajstić information content (AvgIpc) is 2.83. The Bertz CT molecular complexity index is 778. The van der Waals surface area contributed by atoms with Gasteiger partial charge < -0.3 is 4.74 Å². The predicted octanol–water partition coefficient (Wildman–Crippen LogP) is 4.10. The molecule has 0 atom stereocenters. The van der Waals surface area contributed by atoms with Crippen LogP contribution in [0.25, 0.3) is 6.08 Å². The smallest absolute Gasteiger partial charge is 0.363 e. The van der Waals surface area contributed by atoms with Crippen molar-refractivity contribution in [1.82, 2.24) is 0 Å². The summed E-state index contributed by atoms with van der Waals surface area (Å²) in [6.07, 6.45) is 1.75. The maximum Gasteiger partial charge on any atom is 0.363 e. The van der Waals surface area contributed by atoms with Crippen molar-refractivity contribution < 1.29 is 9.53 Å². The third-order valence-electron chi connectivity index (χ3n) is 3.17. The molecule has 1 aliphatic heterocycles. The number of hydrogen-bond acceptors (Lipinski definition) is 3. The number of halogens is 1. The molecule has 104 valence electrons. The van der Waals surface area contributed by atoms with E-state index in [0.717, 1.165) is 21.2 Å². The van der Waals surface area contributed by atoms with Gasteiger partial charge in [0.15, 0.2) is 5.70 Å². The van der Waals surface area contributed by atoms with E-state index in [1.165, 1.54) is 0 Å². The fourth-order valence-electron chi connectivity index (χ4n) is 2.05. The summed E-state index contributed by atoms with van der Waals surface area (Å²) in [6, 6.07) is 15.3. The van der Waals surface area contributed by atoms with Gasteiger partial charge in [0.2, 0.25) is 5.90 Å². The van der Waals surface area contributed by atoms with Crippen molar-refractivity contribution in [1.29, 1.82) is 0 Å². The number of aliphatic imine (C=N–C) groups is 1. The number of nitrogens with zero attached hydrogens (tertiary/aromatic N) is 1. The molecule has 0 aliphatic carbocycles. The molecule has 2 aromatic carbocycles. The fourth-order valence-corrected chi connectivity index (χ4v) is 2.45. The summed E-state index contributed by atoms with van der Waals surface area (Å²) in [6.45, 7) is 1.99. The van der Waals surface area contributed by atoms with Crippen LogP contribution in [-0.2, 0) is 9.53 Å². The van der Waals surface area contributed by atoms with Crippen LogP contribution in [0.1, 0.15) is 16.7 Å². The van der Waals surface area contributed by atoms with Crippen LogP contribution in [0.2, 0.25) is 0 Å². The number of cyclic esters (lactones) is 1. The van der Waals surface area contributed by atoms with Gasteiger partial charge >= 0.3 is 5.97 Å². The second kappa shape index (κ2) is 5.66. The van der Waals surface area contributed by atoms with Gasteiger partial charge in [0.1, 0.15) is 0 Å². The van der Waals surface area contributed by atoms with E-state index in [1.54, 1.807) is 6.08 Å². The Balaban J connectivity index is 1.98. The summed E-state index contributed by atoms with van der Waals surface area (Å²) >= 11 is 3.39. The SMILES string of the molecule is Cc1ccccc1C=C1N=C(c2cccc(Br)c2)OC1=O. The van der Waals surface area contributed by atoms with Gasteiger partial charge in [-0.2, -0.15) is 0 Å². The molecule has 2 aromatic rings. The molecule has 0 saturated carbocycles. The minimum atomic E-state index is -0.423. The Morgan fingerprint density at radius 2 is 1.95 bits per heavy atom. The third kappa shape index (κ3) is 2.95. The molecule has 0 spiro atoms. The monoisotopic (exact) mass is 341 g/mol. The molecule has 3 rings (SSSR count). The van der Waals surface area contributed by atoms with E-state index in [-0.39, 0.29) is 0 Å². The largest absolute Gasteiger partial charge is 0.402 e. The first kappa shape index (κ1) is 13.8. The molecule has 0 bridgehead atoms. The Morgan fingerprint density at radius 1 is 1.14 bits per heavy atom. The number of rotatable bonds is 2. The molecular formula is C17H12BrNO2. The highest BCUT2D eigenvalue weighted by Gasteiger charge is 2.24. The molecule has 3 nitrogen and oxygen atoms in total. The van der Waals surface area contributed by atoms with Gasteiger partial charge in [0.25, 0.3) is 0 Å². The summed E-state index contributed by atoms with van der Waals surface area (Å²) in [7, 11) is 0. The maximum atomic E-state index is 11.9. The van der Waals surface area contributed by atoms with E-state index in [2.05, 4.69) is 20.9 Å². The quantitative estimate of drug-likeness (QED) is 0.609. The number of carbonyl (C=O) groups is 1. The van der Waals surface area contributed by atoms with Crippen LogP contribution in [0.3, 0.4) is 0 Å². The first-order valence-electron chi connectivity index (χ1n) is 6.47. The van der Waals surface area contributed by atoms with Gasteiger partial charge in [-0.05, 0) is 42.3 Å². The van der Waals surface area contributed by atoms with Gasteiger partial charge in [0.05, 0.1) is 0 Å². The van der Waals surface area contributed by atoms with Crippen LogP contribution in [0, 0.1) is 6.92 Å². The highest BCUT2D eigenvalue weighted by atomic mass is 79.9. The van der Waals surface area contributed by atoms with Crippen LogP contribution in [0.4, 0.5) is 0 Å². The van der Waals surface area contributed by atoms with Crippen molar-refractivity contribution >= 4 is 33.9 Å². The van der Waals surface area contributed by atoms with Gasteiger partial charge in [-0.15, -0.1) is 0 Å². The molecule has 1 heterocycles. The van der Waals surface area contributed by atoms with Crippen molar-refractivity contribution in [3.63, 3.8) is 0 Å². The van der Waals surface area contributed by atoms with Crippen LogP contribution < -0.4 is 0 Å². The summed E-state index contributed by atoms with van der Waals surface area (Å²) in [5, 5.41) is 0. The lowest BCUT2D eigenvalue weighted by Crippen LogP contribution is -2.05. The summed E-state index contributed by atoms with van der Waals surface area (Å²) in [5.74, 6) is -0.0886. The van der Waals surface area contributed by atoms with Crippen LogP contribution in [0.15, 0.2) is 63.7 Å². The van der Waals surface area contributed by atoms with Gasteiger partial charge in [0, 0.05) is 10.0 Å². The molecule has 0 saturated heterocycles. The molecule has 0 radical (unpaired) electrons. The summed E-state index contributed by atoms with van der Waals surface area (Å²) in [4.78, 5) is 16.2. The number of carbonyl (C=O) groups excluding carboxylic acids is 1. The Hall–Kier alpha value is -2.20. The summed E-state index contributed by atoms with van der Waals surface area (Å²) < 4.78 is 6.16. The molecule has 4 heteroatoms. The molecule has 0 fully saturated rings. The zero-order chi connectivity index (χ0) is 14.8. The molecular weight excluding hydrogens is 330 g/mol. The lowest BCUT2D eigenvalue weighted by atomic mass is 10.1. The normalized spacial score (nSPS) is 16.0. The zero-order valence-corrected chi connectivity index (χ0v) is 12.9. The minimum absolute atomic E-state index is 0.319. The number of esters is 1. The standard InChI is InChI=1S/C17H12BrNO2/c1-11-5-2-3-6-12(11)10-15-17(20)21-16(19-15)13-7-4-8-14(18)9-13/h2-10H,1H3. The van der Waals surface area contributed by atoms with Crippen molar-refractivity contribution in [2.45, 2.75) is 6.92 Å². The number of aryl methyl sites for hydroxylation is 1. The van der Waals surface area contributed by atoms with E-state index in [9.17, 15) is 4.79 Å². The highest BCUT2D eigenvalue weighted by Crippen LogP contribution is 2.21. The average molecular weight is 342 g/mol. The fraction of sp³-hybridized carbons (Fsp3) is 0.0588. The molecule has 1 aliphatic rings. The Morgan fingerprint density at radius 3 is 2.71 bits per heavy atom. The van der Waals surface area contributed by atoms with Gasteiger partial charge in [-0.3, -0.25) is 0 Å². The third-order valence-corrected chi connectivity index (χ3v) is 3.67. The van der Waals surface area contributed by atoms with Gasteiger partial charge in [-0.25, -0.2) is 9.79 Å². The lowest BCUT2D eigenvalue weighted by molar-refractivity contribution is -0.129. The van der Waals surface area contributed by atoms with E-state index in [4.69, 9.17) is 4.74 Å². The number of hydrogen-bond donors (Lipinski definition) is 0. The van der Waals surface area contributed by atoms with E-state index < -0.39 is 5.97 Å². The molecule has 21 heavy (non-hydrogen) atoms. The lowest BCUT2D eigenvalue weighted by Gasteiger charge is -1.99. The van der Waals surface area contributed by atoms with Crippen LogP contribution in [0.5, 0.6) is 0 Å². The van der Waals surface area contributed by atoms with E-state index in [0.29, 0.717) is 11.6 Å². The maximum absolute atomic E-state index is 11.9. The number of ether oxygens (including phenoxy) is 1. The Labute approximate surface area is 131 Å². The van der Waals surface area contributed by atoms with Crippen LogP contribution >= 0.6 is 15.9 Å². The van der Waals surface area contributed by atoms with Gasteiger partial charge in [-0.1, -0.05) is 46.3 Å². The van der Waals surface area contributed by atoms with Crippen molar-refractivity contribution in [2.24, 2.45) is 4.99 Å². The topological polar surface area (TPSA) is 38.7 Å². The second-order valence-electron chi connectivity index (χ2n) is 4.70. The second-order valence-corrected chi connectivity index (χ2v) is 5.62. The van der Waals surface area contributed by atoms with Crippen LogP contribution in [-0.4, -0.2) is 11.9 Å². The predicted molar refractivity (Wildman–Crippen MR) is 85.9 cm³/mol. The molecule has 0 amide bonds.